The van der Waals surface area contributed by atoms with Crippen LogP contribution in [0.5, 0.6) is 0 Å². The summed E-state index contributed by atoms with van der Waals surface area (Å²) in [6.45, 7) is 1.29. The molecule has 20 heavy (non-hydrogen) atoms. The van der Waals surface area contributed by atoms with Crippen LogP contribution in [0.2, 0.25) is 0 Å². The number of ketones is 1. The molecule has 0 radical (unpaired) electrons. The number of rotatable bonds is 4. The monoisotopic (exact) mass is 338 g/mol. The molecule has 0 saturated heterocycles. The Bertz CT molecular complexity index is 707. The van der Waals surface area contributed by atoms with E-state index in [0.29, 0.717) is 5.39 Å². The van der Waals surface area contributed by atoms with Gasteiger partial charge in [0.15, 0.2) is 0 Å². The standard InChI is InChI=1S/C13H11BrN2O4/c1-6(13(19)20)16-12(18)11(17)9-5-15-10-3-2-7(14)4-8(9)10/h2-6,15H,1H3,(H,16,18)(H,19,20)/t6-/m0/s1. The quantitative estimate of drug-likeness (QED) is 0.583. The maximum Gasteiger partial charge on any atom is 0.325 e. The topological polar surface area (TPSA) is 99.3 Å². The molecule has 0 aliphatic heterocycles. The third-order valence-corrected chi connectivity index (χ3v) is 3.31. The molecule has 1 atom stereocenters. The molecule has 0 unspecified atom stereocenters. The molecule has 2 rings (SSSR count). The minimum atomic E-state index is -1.20. The van der Waals surface area contributed by atoms with E-state index in [0.717, 1.165) is 9.99 Å². The van der Waals surface area contributed by atoms with Crippen molar-refractivity contribution in [2.24, 2.45) is 0 Å². The van der Waals surface area contributed by atoms with Gasteiger partial charge in [-0.05, 0) is 25.1 Å². The Labute approximate surface area is 122 Å². The summed E-state index contributed by atoms with van der Waals surface area (Å²) in [7, 11) is 0. The van der Waals surface area contributed by atoms with Crippen molar-refractivity contribution in [3.63, 3.8) is 0 Å². The number of carbonyl (C=O) groups is 3. The first-order chi connectivity index (χ1) is 9.40. The van der Waals surface area contributed by atoms with E-state index in [1.807, 2.05) is 0 Å². The summed E-state index contributed by atoms with van der Waals surface area (Å²) >= 11 is 3.29. The van der Waals surface area contributed by atoms with Gasteiger partial charge >= 0.3 is 5.97 Å². The van der Waals surface area contributed by atoms with Crippen molar-refractivity contribution in [1.29, 1.82) is 0 Å². The Morgan fingerprint density at radius 3 is 2.70 bits per heavy atom. The van der Waals surface area contributed by atoms with E-state index in [-0.39, 0.29) is 5.56 Å². The predicted molar refractivity (Wildman–Crippen MR) is 75.6 cm³/mol. The Morgan fingerprint density at radius 1 is 1.35 bits per heavy atom. The van der Waals surface area contributed by atoms with Gasteiger partial charge in [0.1, 0.15) is 6.04 Å². The summed E-state index contributed by atoms with van der Waals surface area (Å²) in [6, 6.07) is 4.17. The van der Waals surface area contributed by atoms with Crippen LogP contribution < -0.4 is 5.32 Å². The molecule has 0 aliphatic rings. The van der Waals surface area contributed by atoms with Gasteiger partial charge in [0, 0.05) is 21.6 Å². The van der Waals surface area contributed by atoms with E-state index in [1.54, 1.807) is 18.2 Å². The van der Waals surface area contributed by atoms with Gasteiger partial charge in [0.05, 0.1) is 5.56 Å². The second kappa shape index (κ2) is 5.46. The van der Waals surface area contributed by atoms with Crippen LogP contribution in [-0.4, -0.2) is 33.8 Å². The number of hydrogen-bond donors (Lipinski definition) is 3. The zero-order valence-corrected chi connectivity index (χ0v) is 12.0. The van der Waals surface area contributed by atoms with Crippen molar-refractivity contribution in [2.45, 2.75) is 13.0 Å². The van der Waals surface area contributed by atoms with Gasteiger partial charge in [0.2, 0.25) is 0 Å². The number of aromatic nitrogens is 1. The van der Waals surface area contributed by atoms with Crippen LogP contribution in [0.4, 0.5) is 0 Å². The third kappa shape index (κ3) is 2.72. The maximum absolute atomic E-state index is 12.0. The summed E-state index contributed by atoms with van der Waals surface area (Å²) in [5.74, 6) is -2.92. The Balaban J connectivity index is 2.29. The van der Waals surface area contributed by atoms with E-state index in [9.17, 15) is 14.4 Å². The highest BCUT2D eigenvalue weighted by molar-refractivity contribution is 9.10. The average molecular weight is 339 g/mol. The summed E-state index contributed by atoms with van der Waals surface area (Å²) in [6.07, 6.45) is 1.43. The number of hydrogen-bond acceptors (Lipinski definition) is 3. The molecule has 0 bridgehead atoms. The number of H-pyrrole nitrogens is 1. The lowest BCUT2D eigenvalue weighted by Crippen LogP contribution is -2.41. The maximum atomic E-state index is 12.0. The molecule has 0 spiro atoms. The fourth-order valence-corrected chi connectivity index (χ4v) is 2.09. The number of aliphatic carboxylic acids is 1. The first kappa shape index (κ1) is 14.3. The van der Waals surface area contributed by atoms with Crippen LogP contribution in [0.1, 0.15) is 17.3 Å². The Hall–Kier alpha value is -2.15. The van der Waals surface area contributed by atoms with E-state index >= 15 is 0 Å². The number of carboxylic acids is 1. The zero-order valence-electron chi connectivity index (χ0n) is 10.4. The fourth-order valence-electron chi connectivity index (χ4n) is 1.73. The number of carbonyl (C=O) groups excluding carboxylic acids is 2. The molecule has 1 aromatic carbocycles. The number of halogens is 1. The fraction of sp³-hybridized carbons (Fsp3) is 0.154. The molecule has 0 aliphatic carbocycles. The third-order valence-electron chi connectivity index (χ3n) is 2.81. The van der Waals surface area contributed by atoms with Crippen molar-refractivity contribution < 1.29 is 19.5 Å². The van der Waals surface area contributed by atoms with Crippen LogP contribution in [0.3, 0.4) is 0 Å². The van der Waals surface area contributed by atoms with E-state index < -0.39 is 23.7 Å². The minimum Gasteiger partial charge on any atom is -0.480 e. The number of Topliss-reactive ketones (excluding diaryl/α,β-unsaturated/α-hetero) is 1. The Kier molecular flexibility index (Phi) is 3.89. The van der Waals surface area contributed by atoms with E-state index in [2.05, 4.69) is 26.2 Å². The van der Waals surface area contributed by atoms with Gasteiger partial charge in [-0.2, -0.15) is 0 Å². The molecule has 104 valence electrons. The summed E-state index contributed by atoms with van der Waals surface area (Å²) in [5, 5.41) is 11.4. The number of fused-ring (bicyclic) bond motifs is 1. The molecule has 7 heteroatoms. The number of benzene rings is 1. The lowest BCUT2D eigenvalue weighted by atomic mass is 10.1. The molecule has 2 aromatic rings. The van der Waals surface area contributed by atoms with Crippen molar-refractivity contribution in [3.05, 3.63) is 34.4 Å². The normalized spacial score (nSPS) is 12.1. The van der Waals surface area contributed by atoms with Gasteiger partial charge in [-0.15, -0.1) is 0 Å². The summed E-state index contributed by atoms with van der Waals surface area (Å²) in [4.78, 5) is 37.3. The first-order valence-electron chi connectivity index (χ1n) is 5.75. The molecule has 1 aromatic heterocycles. The minimum absolute atomic E-state index is 0.205. The molecule has 1 heterocycles. The summed E-state index contributed by atoms with van der Waals surface area (Å²) in [5.41, 5.74) is 0.923. The van der Waals surface area contributed by atoms with Gasteiger partial charge in [0.25, 0.3) is 11.7 Å². The van der Waals surface area contributed by atoms with Gasteiger partial charge in [-0.3, -0.25) is 14.4 Å². The lowest BCUT2D eigenvalue weighted by Gasteiger charge is -2.07. The van der Waals surface area contributed by atoms with Crippen LogP contribution in [0.15, 0.2) is 28.9 Å². The van der Waals surface area contributed by atoms with Gasteiger partial charge in [-0.1, -0.05) is 15.9 Å². The van der Waals surface area contributed by atoms with Crippen LogP contribution >= 0.6 is 15.9 Å². The van der Waals surface area contributed by atoms with Crippen LogP contribution in [0, 0.1) is 0 Å². The highest BCUT2D eigenvalue weighted by atomic mass is 79.9. The van der Waals surface area contributed by atoms with Crippen molar-refractivity contribution >= 4 is 44.5 Å². The van der Waals surface area contributed by atoms with Gasteiger partial charge in [-0.25, -0.2) is 0 Å². The van der Waals surface area contributed by atoms with Crippen molar-refractivity contribution in [2.75, 3.05) is 0 Å². The first-order valence-corrected chi connectivity index (χ1v) is 6.54. The number of amides is 1. The van der Waals surface area contributed by atoms with E-state index in [1.165, 1.54) is 13.1 Å². The Morgan fingerprint density at radius 2 is 2.05 bits per heavy atom. The largest absolute Gasteiger partial charge is 0.480 e. The van der Waals surface area contributed by atoms with Crippen LogP contribution in [-0.2, 0) is 9.59 Å². The number of nitrogens with one attached hydrogen (secondary N) is 2. The second-order valence-electron chi connectivity index (χ2n) is 4.25. The van der Waals surface area contributed by atoms with Crippen molar-refractivity contribution in [1.82, 2.24) is 10.3 Å². The van der Waals surface area contributed by atoms with E-state index in [4.69, 9.17) is 5.11 Å². The molecule has 3 N–H and O–H groups in total. The smallest absolute Gasteiger partial charge is 0.325 e. The molecule has 1 amide bonds. The second-order valence-corrected chi connectivity index (χ2v) is 5.17. The lowest BCUT2D eigenvalue weighted by molar-refractivity contribution is -0.140. The van der Waals surface area contributed by atoms with Gasteiger partial charge < -0.3 is 15.4 Å². The zero-order chi connectivity index (χ0) is 14.9. The molecular weight excluding hydrogens is 328 g/mol. The van der Waals surface area contributed by atoms with Crippen LogP contribution in [0.25, 0.3) is 10.9 Å². The molecule has 6 nitrogen and oxygen atoms in total. The molecule has 0 saturated carbocycles. The number of aromatic amines is 1. The highest BCUT2D eigenvalue weighted by Crippen LogP contribution is 2.23. The predicted octanol–water partition coefficient (Wildman–Crippen LogP) is 1.70. The summed E-state index contributed by atoms with van der Waals surface area (Å²) < 4.78 is 0.776. The number of carboxylic acid groups (broad SMARTS) is 1. The molecular formula is C13H11BrN2O4. The highest BCUT2D eigenvalue weighted by Gasteiger charge is 2.23. The average Bonchev–Trinajstić information content (AvgIpc) is 2.80. The van der Waals surface area contributed by atoms with Crippen molar-refractivity contribution in [3.8, 4) is 0 Å². The SMILES string of the molecule is C[C@H](NC(=O)C(=O)c1c[nH]c2ccc(Br)cc12)C(=O)O. The molecule has 0 fully saturated rings.